The van der Waals surface area contributed by atoms with Crippen molar-refractivity contribution in [1.29, 1.82) is 0 Å². The molecule has 0 fully saturated rings. The quantitative estimate of drug-likeness (QED) is 0.213. The maximum atomic E-state index is 3.20. The Bertz CT molecular complexity index is 1020. The van der Waals surface area contributed by atoms with Crippen LogP contribution in [-0.2, 0) is 20.1 Å². The first kappa shape index (κ1) is 26.8. The smallest absolute Gasteiger partial charge is 0.0989 e. The number of rotatable bonds is 4. The van der Waals surface area contributed by atoms with E-state index in [1.807, 2.05) is 78.6 Å². The van der Waals surface area contributed by atoms with Crippen LogP contribution in [0.4, 0.5) is 22.7 Å². The van der Waals surface area contributed by atoms with Crippen LogP contribution in [0, 0.1) is 12.7 Å². The third kappa shape index (κ3) is 6.66. The number of hydrogen-bond donors (Lipinski definition) is 0. The first-order valence-electron chi connectivity index (χ1n) is 11.3. The van der Waals surface area contributed by atoms with Crippen molar-refractivity contribution in [2.45, 2.75) is 7.43 Å². The van der Waals surface area contributed by atoms with Crippen molar-refractivity contribution < 1.29 is 20.1 Å². The first-order chi connectivity index (χ1) is 16.9. The van der Waals surface area contributed by atoms with Crippen LogP contribution in [0.15, 0.2) is 140 Å². The molecule has 0 saturated heterocycles. The van der Waals surface area contributed by atoms with Crippen molar-refractivity contribution in [3.05, 3.63) is 153 Å². The zero-order valence-electron chi connectivity index (χ0n) is 19.2. The topological polar surface area (TPSA) is 13.0 Å². The minimum atomic E-state index is 0. The molecule has 2 aliphatic rings. The number of anilines is 4. The SMILES string of the molecule is C.C1=CN(c2ccccc2)CN1c1ccccc1.[Ir].[c-]1ccccc1N1C=CN(c2ccccc2)[CH-]1. The van der Waals surface area contributed by atoms with Crippen LogP contribution in [0.1, 0.15) is 7.43 Å². The van der Waals surface area contributed by atoms with Gasteiger partial charge in [0.15, 0.2) is 0 Å². The fourth-order valence-electron chi connectivity index (χ4n) is 3.79. The Hall–Kier alpha value is -3.79. The number of nitrogens with zero attached hydrogens (tertiary/aromatic N) is 4. The summed E-state index contributed by atoms with van der Waals surface area (Å²) in [5.74, 6) is 0. The van der Waals surface area contributed by atoms with Gasteiger partial charge in [-0.15, -0.1) is 12.4 Å². The Morgan fingerprint density at radius 1 is 0.528 bits per heavy atom. The molecule has 6 rings (SSSR count). The third-order valence-electron chi connectivity index (χ3n) is 5.57. The molecule has 4 nitrogen and oxygen atoms in total. The van der Waals surface area contributed by atoms with E-state index in [1.54, 1.807) is 0 Å². The molecule has 5 heteroatoms. The fraction of sp³-hybridized carbons (Fsp3) is 0.0645. The second-order valence-corrected chi connectivity index (χ2v) is 7.86. The standard InChI is InChI=1S/C15H14N2.C15H12N2.CH4.Ir/c2*1-3-7-14(8-4-1)16-11-12-17(13-16)15-9-5-2-6-10-15;;/h1-12H,13H2;1-9,11-13H;1H4;/q;-2;;. The van der Waals surface area contributed by atoms with Crippen LogP contribution in [0.3, 0.4) is 0 Å². The average molecular weight is 651 g/mol. The summed E-state index contributed by atoms with van der Waals surface area (Å²) in [6.07, 6.45) is 8.29. The maximum Gasteiger partial charge on any atom is 0.0989 e. The molecule has 0 saturated carbocycles. The van der Waals surface area contributed by atoms with Crippen molar-refractivity contribution in [2.24, 2.45) is 0 Å². The summed E-state index contributed by atoms with van der Waals surface area (Å²) in [6, 6.07) is 42.2. The normalized spacial score (nSPS) is 13.6. The molecule has 0 atom stereocenters. The first-order valence-corrected chi connectivity index (χ1v) is 11.3. The van der Waals surface area contributed by atoms with Gasteiger partial charge in [0.2, 0.25) is 0 Å². The van der Waals surface area contributed by atoms with Gasteiger partial charge in [0.25, 0.3) is 0 Å². The Labute approximate surface area is 228 Å². The zero-order chi connectivity index (χ0) is 23.0. The minimum Gasteiger partial charge on any atom is -0.500 e. The van der Waals surface area contributed by atoms with E-state index < -0.39 is 0 Å². The largest absolute Gasteiger partial charge is 0.500 e. The van der Waals surface area contributed by atoms with E-state index in [9.17, 15) is 0 Å². The van der Waals surface area contributed by atoms with Gasteiger partial charge in [-0.25, -0.2) is 0 Å². The molecule has 2 heterocycles. The average Bonchev–Trinajstić information content (AvgIpc) is 3.62. The van der Waals surface area contributed by atoms with Gasteiger partial charge in [0.1, 0.15) is 0 Å². The molecule has 4 aromatic carbocycles. The summed E-state index contributed by atoms with van der Waals surface area (Å²) >= 11 is 0. The van der Waals surface area contributed by atoms with Crippen LogP contribution < -0.4 is 19.6 Å². The second kappa shape index (κ2) is 13.3. The van der Waals surface area contributed by atoms with Crippen LogP contribution in [0.5, 0.6) is 0 Å². The van der Waals surface area contributed by atoms with Crippen molar-refractivity contribution >= 4 is 22.7 Å². The Kier molecular flexibility index (Phi) is 9.93. The van der Waals surface area contributed by atoms with Crippen molar-refractivity contribution in [1.82, 2.24) is 0 Å². The molecule has 0 amide bonds. The summed E-state index contributed by atoms with van der Waals surface area (Å²) in [4.78, 5) is 8.59. The van der Waals surface area contributed by atoms with Gasteiger partial charge >= 0.3 is 0 Å². The fourth-order valence-corrected chi connectivity index (χ4v) is 3.79. The van der Waals surface area contributed by atoms with Gasteiger partial charge < -0.3 is 19.6 Å². The molecule has 0 bridgehead atoms. The van der Waals surface area contributed by atoms with Crippen molar-refractivity contribution in [3.63, 3.8) is 0 Å². The minimum absolute atomic E-state index is 0. The van der Waals surface area contributed by atoms with Gasteiger partial charge in [0.05, 0.1) is 6.67 Å². The molecule has 0 unspecified atom stereocenters. The molecule has 185 valence electrons. The van der Waals surface area contributed by atoms with Crippen LogP contribution in [0.2, 0.25) is 0 Å². The molecule has 0 spiro atoms. The van der Waals surface area contributed by atoms with Crippen LogP contribution >= 0.6 is 0 Å². The predicted molar refractivity (Wildman–Crippen MR) is 149 cm³/mol. The second-order valence-electron chi connectivity index (χ2n) is 7.86. The van der Waals surface area contributed by atoms with Gasteiger partial charge in [-0.05, 0) is 48.8 Å². The number of para-hydroxylation sites is 4. The Balaban J connectivity index is 0.000000190. The summed E-state index contributed by atoms with van der Waals surface area (Å²) in [7, 11) is 0. The molecule has 0 aliphatic carbocycles. The zero-order valence-corrected chi connectivity index (χ0v) is 21.6. The van der Waals surface area contributed by atoms with E-state index in [1.165, 1.54) is 11.4 Å². The van der Waals surface area contributed by atoms with E-state index in [0.29, 0.717) is 0 Å². The van der Waals surface area contributed by atoms with Gasteiger partial charge in [-0.1, -0.05) is 62.0 Å². The van der Waals surface area contributed by atoms with Gasteiger partial charge in [0, 0.05) is 49.6 Å². The van der Waals surface area contributed by atoms with E-state index in [0.717, 1.165) is 18.0 Å². The summed E-state index contributed by atoms with van der Waals surface area (Å²) in [6.45, 7) is 2.91. The maximum absolute atomic E-state index is 3.20. The van der Waals surface area contributed by atoms with E-state index in [4.69, 9.17) is 0 Å². The molecule has 0 N–H and O–H groups in total. The summed E-state index contributed by atoms with van der Waals surface area (Å²) < 4.78 is 0. The molecule has 1 radical (unpaired) electrons. The van der Waals surface area contributed by atoms with E-state index >= 15 is 0 Å². The third-order valence-corrected chi connectivity index (χ3v) is 5.57. The van der Waals surface area contributed by atoms with Crippen molar-refractivity contribution in [3.8, 4) is 0 Å². The Morgan fingerprint density at radius 2 is 1.00 bits per heavy atom. The number of hydrogen-bond acceptors (Lipinski definition) is 4. The summed E-state index contributed by atoms with van der Waals surface area (Å²) in [5.41, 5.74) is 4.65. The molecule has 4 aromatic rings. The van der Waals surface area contributed by atoms with Gasteiger partial charge in [-0.2, -0.15) is 30.3 Å². The predicted octanol–water partition coefficient (Wildman–Crippen LogP) is 7.48. The van der Waals surface area contributed by atoms with Crippen molar-refractivity contribution in [2.75, 3.05) is 26.3 Å². The molecule has 2 aliphatic heterocycles. The monoisotopic (exact) mass is 651 g/mol. The molecular formula is C31H30IrN4-2. The summed E-state index contributed by atoms with van der Waals surface area (Å²) in [5, 5.41) is 0. The van der Waals surface area contributed by atoms with E-state index in [-0.39, 0.29) is 27.5 Å². The number of benzene rings is 4. The van der Waals surface area contributed by atoms with E-state index in [2.05, 4.69) is 93.8 Å². The molecular weight excluding hydrogens is 621 g/mol. The molecule has 36 heavy (non-hydrogen) atoms. The molecule has 0 aromatic heterocycles. The van der Waals surface area contributed by atoms with Crippen LogP contribution in [-0.4, -0.2) is 6.67 Å². The van der Waals surface area contributed by atoms with Crippen LogP contribution in [0.25, 0.3) is 0 Å². The Morgan fingerprint density at radius 3 is 1.50 bits per heavy atom. The van der Waals surface area contributed by atoms with Gasteiger partial charge in [-0.3, -0.25) is 0 Å².